The molecule has 250 valence electrons. The Morgan fingerprint density at radius 3 is 2.44 bits per heavy atom. The van der Waals surface area contributed by atoms with E-state index in [0.29, 0.717) is 12.8 Å². The second-order valence-electron chi connectivity index (χ2n) is 12.1. The van der Waals surface area contributed by atoms with Crippen LogP contribution in [0.2, 0.25) is 0 Å². The van der Waals surface area contributed by atoms with Gasteiger partial charge in [0.1, 0.15) is 18.5 Å². The van der Waals surface area contributed by atoms with Gasteiger partial charge in [-0.05, 0) is 84.8 Å². The van der Waals surface area contributed by atoms with Crippen molar-refractivity contribution in [2.45, 2.75) is 62.6 Å². The van der Waals surface area contributed by atoms with Gasteiger partial charge < -0.3 is 25.0 Å². The third kappa shape index (κ3) is 7.40. The first kappa shape index (κ1) is 32.9. The number of hydrogen-bond acceptors (Lipinski definition) is 6. The van der Waals surface area contributed by atoms with Gasteiger partial charge in [-0.15, -0.1) is 0 Å². The summed E-state index contributed by atoms with van der Waals surface area (Å²) in [5.74, 6) is -0.949. The molecular weight excluding hydrogens is 629 g/mol. The maximum absolute atomic E-state index is 14.0. The summed E-state index contributed by atoms with van der Waals surface area (Å²) in [6, 6.07) is 16.0. The smallest absolute Gasteiger partial charge is 0.416 e. The fourth-order valence-electron chi connectivity index (χ4n) is 6.62. The fourth-order valence-corrected chi connectivity index (χ4v) is 6.62. The molecule has 6 rings (SSSR count). The van der Waals surface area contributed by atoms with Crippen molar-refractivity contribution < 1.29 is 37.0 Å². The second-order valence-corrected chi connectivity index (χ2v) is 12.1. The van der Waals surface area contributed by atoms with Crippen LogP contribution in [0.4, 0.5) is 18.9 Å². The van der Waals surface area contributed by atoms with Crippen molar-refractivity contribution in [2.75, 3.05) is 25.0 Å². The normalized spacial score (nSPS) is 20.6. The summed E-state index contributed by atoms with van der Waals surface area (Å²) in [7, 11) is 0. The fraction of sp³-hybridized carbons (Fsp3) is 0.382. The van der Waals surface area contributed by atoms with Crippen molar-refractivity contribution in [3.05, 3.63) is 105 Å². The van der Waals surface area contributed by atoms with Crippen LogP contribution >= 0.6 is 0 Å². The zero-order valence-electron chi connectivity index (χ0n) is 25.8. The molecule has 14 heteroatoms. The van der Waals surface area contributed by atoms with Crippen LogP contribution in [-0.4, -0.2) is 66.6 Å². The standard InChI is InChI=1S/C34H33F3N6O5/c35-34(36,37)23-7-5-20(6-8-23)32(45)41-24-9-12-29-27(17-24)33(46)43(14-13-39-42-38)28-11-10-26(48-30(28)19-47-29)18-31(44)40-25-15-21-3-1-2-4-22(21)16-25/h1-9,12,17,25-26,28,30H,10-11,13-16,18-19H2,(H,40,44)(H,41,45)/t26-,28-,30-/m0/s1. The van der Waals surface area contributed by atoms with E-state index in [4.69, 9.17) is 15.0 Å². The van der Waals surface area contributed by atoms with Crippen LogP contribution < -0.4 is 15.4 Å². The Kier molecular flexibility index (Phi) is 9.56. The van der Waals surface area contributed by atoms with E-state index in [1.807, 2.05) is 12.1 Å². The lowest BCUT2D eigenvalue weighted by Crippen LogP contribution is -2.56. The molecule has 48 heavy (non-hydrogen) atoms. The molecule has 0 spiro atoms. The molecule has 0 aromatic heterocycles. The molecule has 3 aliphatic rings. The summed E-state index contributed by atoms with van der Waals surface area (Å²) in [6.07, 6.45) is -2.70. The number of carbonyl (C=O) groups excluding carboxylic acids is 3. The van der Waals surface area contributed by atoms with E-state index in [9.17, 15) is 27.6 Å². The topological polar surface area (TPSA) is 146 Å². The Morgan fingerprint density at radius 2 is 1.75 bits per heavy atom. The zero-order chi connectivity index (χ0) is 33.8. The largest absolute Gasteiger partial charge is 0.490 e. The molecule has 3 atom stereocenters. The summed E-state index contributed by atoms with van der Waals surface area (Å²) < 4.78 is 51.2. The highest BCUT2D eigenvalue weighted by Gasteiger charge is 2.41. The predicted octanol–water partition coefficient (Wildman–Crippen LogP) is 5.69. The second kappa shape index (κ2) is 14.0. The number of ether oxygens (including phenoxy) is 2. The highest BCUT2D eigenvalue weighted by Crippen LogP contribution is 2.34. The van der Waals surface area contributed by atoms with Crippen molar-refractivity contribution in [2.24, 2.45) is 5.11 Å². The van der Waals surface area contributed by atoms with Crippen LogP contribution in [0.1, 0.15) is 56.7 Å². The van der Waals surface area contributed by atoms with Crippen molar-refractivity contribution in [1.82, 2.24) is 10.2 Å². The molecule has 0 bridgehead atoms. The van der Waals surface area contributed by atoms with Crippen LogP contribution in [0, 0.1) is 0 Å². The van der Waals surface area contributed by atoms with Crippen molar-refractivity contribution >= 4 is 23.4 Å². The Labute approximate surface area is 274 Å². The summed E-state index contributed by atoms with van der Waals surface area (Å²) in [4.78, 5) is 44.2. The van der Waals surface area contributed by atoms with Crippen molar-refractivity contribution in [3.8, 4) is 5.75 Å². The van der Waals surface area contributed by atoms with Gasteiger partial charge in [0.2, 0.25) is 5.91 Å². The Hall–Kier alpha value is -5.07. The van der Waals surface area contributed by atoms with Gasteiger partial charge in [0, 0.05) is 35.3 Å². The number of alkyl halides is 3. The van der Waals surface area contributed by atoms with Gasteiger partial charge in [-0.2, -0.15) is 13.2 Å². The number of amides is 3. The maximum Gasteiger partial charge on any atom is 0.416 e. The molecule has 1 aliphatic carbocycles. The van der Waals surface area contributed by atoms with E-state index in [2.05, 4.69) is 32.8 Å². The average molecular weight is 663 g/mol. The minimum Gasteiger partial charge on any atom is -0.490 e. The van der Waals surface area contributed by atoms with Crippen molar-refractivity contribution in [3.63, 3.8) is 0 Å². The number of benzene rings is 3. The van der Waals surface area contributed by atoms with Crippen LogP contribution in [0.15, 0.2) is 71.8 Å². The predicted molar refractivity (Wildman–Crippen MR) is 168 cm³/mol. The number of anilines is 1. The SMILES string of the molecule is [N-]=[N+]=NCCN1C(=O)c2cc(NC(=O)c3ccc(C(F)(F)F)cc3)ccc2OC[C@@H]2O[C@H](CC(=O)NC3Cc4ccccc4C3)CC[C@@H]21. The van der Waals surface area contributed by atoms with Crippen LogP contribution in [0.3, 0.4) is 0 Å². The molecule has 3 aromatic carbocycles. The van der Waals surface area contributed by atoms with Gasteiger partial charge >= 0.3 is 6.18 Å². The minimum absolute atomic E-state index is 0.00656. The van der Waals surface area contributed by atoms with Gasteiger partial charge in [0.15, 0.2) is 0 Å². The first-order valence-corrected chi connectivity index (χ1v) is 15.7. The number of azide groups is 1. The van der Waals surface area contributed by atoms with Gasteiger partial charge in [0.25, 0.3) is 11.8 Å². The van der Waals surface area contributed by atoms with Crippen molar-refractivity contribution in [1.29, 1.82) is 0 Å². The molecule has 0 saturated carbocycles. The minimum atomic E-state index is -4.53. The monoisotopic (exact) mass is 662 g/mol. The first-order chi connectivity index (χ1) is 23.1. The third-order valence-corrected chi connectivity index (χ3v) is 8.92. The molecule has 2 N–H and O–H groups in total. The number of rotatable bonds is 8. The molecule has 2 heterocycles. The van der Waals surface area contributed by atoms with Gasteiger partial charge in [-0.3, -0.25) is 14.4 Å². The van der Waals surface area contributed by atoms with E-state index in [1.165, 1.54) is 29.3 Å². The lowest BCUT2D eigenvalue weighted by molar-refractivity contribution is -0.137. The quantitative estimate of drug-likeness (QED) is 0.181. The lowest BCUT2D eigenvalue weighted by atomic mass is 9.94. The molecule has 1 saturated heterocycles. The van der Waals surface area contributed by atoms with E-state index in [1.54, 1.807) is 4.90 Å². The molecule has 3 aromatic rings. The lowest BCUT2D eigenvalue weighted by Gasteiger charge is -2.43. The number of fused-ring (bicyclic) bond motifs is 3. The molecule has 2 aliphatic heterocycles. The van der Waals surface area contributed by atoms with E-state index in [0.717, 1.165) is 37.1 Å². The third-order valence-electron chi connectivity index (χ3n) is 8.92. The molecule has 3 amide bonds. The maximum atomic E-state index is 14.0. The Morgan fingerprint density at radius 1 is 1.02 bits per heavy atom. The highest BCUT2D eigenvalue weighted by molar-refractivity contribution is 6.05. The van der Waals surface area contributed by atoms with E-state index >= 15 is 0 Å². The number of hydrogen-bond donors (Lipinski definition) is 2. The number of nitrogens with one attached hydrogen (secondary N) is 2. The molecule has 11 nitrogen and oxygen atoms in total. The number of halogens is 3. The van der Waals surface area contributed by atoms with Gasteiger partial charge in [0.05, 0.1) is 29.7 Å². The number of carbonyl (C=O) groups is 3. The van der Waals surface area contributed by atoms with E-state index in [-0.39, 0.29) is 66.7 Å². The van der Waals surface area contributed by atoms with Gasteiger partial charge in [-0.1, -0.05) is 29.4 Å². The summed E-state index contributed by atoms with van der Waals surface area (Å²) >= 11 is 0. The summed E-state index contributed by atoms with van der Waals surface area (Å²) in [5, 5.41) is 9.37. The summed E-state index contributed by atoms with van der Waals surface area (Å²) in [5.41, 5.74) is 10.9. The van der Waals surface area contributed by atoms with Gasteiger partial charge in [-0.25, -0.2) is 0 Å². The van der Waals surface area contributed by atoms with Crippen LogP contribution in [0.25, 0.3) is 10.4 Å². The zero-order valence-corrected chi connectivity index (χ0v) is 25.8. The molecule has 1 fully saturated rings. The Bertz CT molecular complexity index is 1720. The molecular formula is C34H33F3N6O5. The average Bonchev–Trinajstić information content (AvgIpc) is 3.47. The highest BCUT2D eigenvalue weighted by atomic mass is 19.4. The molecule has 0 radical (unpaired) electrons. The summed E-state index contributed by atoms with van der Waals surface area (Å²) in [6.45, 7) is 0.195. The van der Waals surface area contributed by atoms with Crippen LogP contribution in [0.5, 0.6) is 5.75 Å². The van der Waals surface area contributed by atoms with E-state index < -0.39 is 35.7 Å². The Balaban J connectivity index is 1.14. The first-order valence-electron chi connectivity index (χ1n) is 15.7. The molecule has 0 unspecified atom stereocenters. The number of nitrogens with zero attached hydrogens (tertiary/aromatic N) is 4. The van der Waals surface area contributed by atoms with Crippen LogP contribution in [-0.2, 0) is 28.5 Å².